The number of likely N-dealkylation sites (tertiary alicyclic amines) is 1. The second-order valence-electron chi connectivity index (χ2n) is 6.73. The zero-order chi connectivity index (χ0) is 10.2. The van der Waals surface area contributed by atoms with Crippen molar-refractivity contribution in [1.29, 1.82) is 0 Å². The van der Waals surface area contributed by atoms with Gasteiger partial charge in [-0.2, -0.15) is 0 Å². The summed E-state index contributed by atoms with van der Waals surface area (Å²) >= 11 is 0. The Morgan fingerprint density at radius 3 is 2.40 bits per heavy atom. The van der Waals surface area contributed by atoms with E-state index in [1.54, 1.807) is 6.42 Å². The van der Waals surface area contributed by atoms with Crippen LogP contribution in [-0.2, 0) is 0 Å². The van der Waals surface area contributed by atoms with Crippen molar-refractivity contribution in [2.24, 2.45) is 23.7 Å². The molecule has 4 fully saturated rings. The summed E-state index contributed by atoms with van der Waals surface area (Å²) in [5.41, 5.74) is 0. The van der Waals surface area contributed by atoms with Gasteiger partial charge in [-0.3, -0.25) is 4.90 Å². The second-order valence-corrected chi connectivity index (χ2v) is 6.73. The lowest BCUT2D eigenvalue weighted by Crippen LogP contribution is -2.40. The SMILES string of the molecule is CC1CC2CCCC(N3C4CC43)C2C1C. The largest absolute Gasteiger partial charge is 0.291 e. The maximum absolute atomic E-state index is 2.87. The van der Waals surface area contributed by atoms with Gasteiger partial charge in [0.2, 0.25) is 0 Å². The molecule has 3 saturated carbocycles. The minimum Gasteiger partial charge on any atom is -0.291 e. The Bertz CT molecular complexity index is 279. The lowest BCUT2D eigenvalue weighted by atomic mass is 9.74. The van der Waals surface area contributed by atoms with Crippen molar-refractivity contribution in [2.75, 3.05) is 0 Å². The summed E-state index contributed by atoms with van der Waals surface area (Å²) in [5, 5.41) is 0. The molecular weight excluding hydrogens is 182 g/mol. The van der Waals surface area contributed by atoms with Gasteiger partial charge in [-0.25, -0.2) is 0 Å². The molecule has 4 rings (SSSR count). The smallest absolute Gasteiger partial charge is 0.0274 e. The molecule has 0 bridgehead atoms. The van der Waals surface area contributed by atoms with Gasteiger partial charge in [-0.15, -0.1) is 0 Å². The first-order chi connectivity index (χ1) is 7.27. The lowest BCUT2D eigenvalue weighted by Gasteiger charge is -2.39. The minimum atomic E-state index is 0.997. The molecular formula is C14H23N. The molecule has 1 aliphatic heterocycles. The van der Waals surface area contributed by atoms with Gasteiger partial charge in [0.15, 0.2) is 0 Å². The van der Waals surface area contributed by atoms with E-state index in [0.29, 0.717) is 0 Å². The van der Waals surface area contributed by atoms with Crippen LogP contribution in [0.1, 0.15) is 46.0 Å². The maximum atomic E-state index is 2.87. The van der Waals surface area contributed by atoms with Gasteiger partial charge in [0.05, 0.1) is 0 Å². The van der Waals surface area contributed by atoms with Crippen LogP contribution < -0.4 is 0 Å². The van der Waals surface area contributed by atoms with Crippen molar-refractivity contribution in [3.63, 3.8) is 0 Å². The van der Waals surface area contributed by atoms with Crippen molar-refractivity contribution >= 4 is 0 Å². The zero-order valence-electron chi connectivity index (χ0n) is 10.0. The topological polar surface area (TPSA) is 3.01 Å². The summed E-state index contributed by atoms with van der Waals surface area (Å²) in [6.45, 7) is 5.02. The maximum Gasteiger partial charge on any atom is 0.0274 e. The fourth-order valence-corrected chi connectivity index (χ4v) is 4.88. The molecule has 0 aromatic carbocycles. The summed E-state index contributed by atoms with van der Waals surface area (Å²) in [4.78, 5) is 2.87. The quantitative estimate of drug-likeness (QED) is 0.595. The molecule has 0 aromatic heterocycles. The van der Waals surface area contributed by atoms with E-state index in [2.05, 4.69) is 18.7 Å². The molecule has 3 aliphatic carbocycles. The first-order valence-electron chi connectivity index (χ1n) is 7.05. The molecule has 1 heteroatoms. The van der Waals surface area contributed by atoms with Crippen LogP contribution in [0.4, 0.5) is 0 Å². The third-order valence-electron chi connectivity index (χ3n) is 6.03. The van der Waals surface area contributed by atoms with Crippen LogP contribution in [0, 0.1) is 23.7 Å². The molecule has 4 aliphatic rings. The molecule has 84 valence electrons. The van der Waals surface area contributed by atoms with Gasteiger partial charge in [-0.05, 0) is 42.9 Å². The zero-order valence-corrected chi connectivity index (χ0v) is 10.0. The number of fused-ring (bicyclic) bond motifs is 2. The summed E-state index contributed by atoms with van der Waals surface area (Å²) in [6.07, 6.45) is 7.65. The van der Waals surface area contributed by atoms with E-state index in [4.69, 9.17) is 0 Å². The fourth-order valence-electron chi connectivity index (χ4n) is 4.88. The average molecular weight is 205 g/mol. The molecule has 0 amide bonds. The van der Waals surface area contributed by atoms with Gasteiger partial charge in [-0.1, -0.05) is 26.7 Å². The molecule has 15 heavy (non-hydrogen) atoms. The lowest BCUT2D eigenvalue weighted by molar-refractivity contribution is 0.103. The van der Waals surface area contributed by atoms with Crippen LogP contribution in [0.5, 0.6) is 0 Å². The highest BCUT2D eigenvalue weighted by atomic mass is 15.5. The predicted octanol–water partition coefficient (Wildman–Crippen LogP) is 2.90. The number of hydrogen-bond acceptors (Lipinski definition) is 1. The van der Waals surface area contributed by atoms with E-state index in [9.17, 15) is 0 Å². The van der Waals surface area contributed by atoms with Crippen molar-refractivity contribution in [3.05, 3.63) is 0 Å². The highest BCUT2D eigenvalue weighted by Gasteiger charge is 2.66. The molecule has 7 atom stereocenters. The molecule has 0 radical (unpaired) electrons. The Morgan fingerprint density at radius 1 is 0.933 bits per heavy atom. The van der Waals surface area contributed by atoms with Crippen LogP contribution in [0.15, 0.2) is 0 Å². The normalized spacial score (nSPS) is 66.0. The van der Waals surface area contributed by atoms with Gasteiger partial charge in [0.1, 0.15) is 0 Å². The van der Waals surface area contributed by atoms with E-state index < -0.39 is 0 Å². The molecule has 0 aromatic rings. The third-order valence-corrected chi connectivity index (χ3v) is 6.03. The second kappa shape index (κ2) is 2.80. The van der Waals surface area contributed by atoms with Crippen LogP contribution in [0.25, 0.3) is 0 Å². The van der Waals surface area contributed by atoms with Crippen LogP contribution in [0.2, 0.25) is 0 Å². The Kier molecular flexibility index (Phi) is 1.68. The molecule has 0 N–H and O–H groups in total. The van der Waals surface area contributed by atoms with Crippen molar-refractivity contribution < 1.29 is 0 Å². The first-order valence-corrected chi connectivity index (χ1v) is 7.05. The first kappa shape index (κ1) is 9.04. The molecule has 1 heterocycles. The molecule has 7 unspecified atom stereocenters. The van der Waals surface area contributed by atoms with Gasteiger partial charge >= 0.3 is 0 Å². The van der Waals surface area contributed by atoms with Gasteiger partial charge < -0.3 is 0 Å². The summed E-state index contributed by atoms with van der Waals surface area (Å²) in [7, 11) is 0. The Morgan fingerprint density at radius 2 is 1.73 bits per heavy atom. The van der Waals surface area contributed by atoms with Crippen LogP contribution >= 0.6 is 0 Å². The van der Waals surface area contributed by atoms with E-state index in [1.165, 1.54) is 25.7 Å². The molecule has 0 spiro atoms. The third kappa shape index (κ3) is 1.13. The van der Waals surface area contributed by atoms with E-state index in [1.807, 2.05) is 0 Å². The Labute approximate surface area is 93.2 Å². The predicted molar refractivity (Wildman–Crippen MR) is 61.6 cm³/mol. The molecule has 1 saturated heterocycles. The number of nitrogens with zero attached hydrogens (tertiary/aromatic N) is 1. The summed E-state index contributed by atoms with van der Waals surface area (Å²) in [6, 6.07) is 3.14. The standard InChI is InChI=1S/C14H23N/c1-8-6-10-4-3-5-11(14(10)9(8)2)15-12-7-13(12)15/h8-14H,3-7H2,1-2H3. The minimum absolute atomic E-state index is 0.997. The monoisotopic (exact) mass is 205 g/mol. The van der Waals surface area contributed by atoms with E-state index in [-0.39, 0.29) is 0 Å². The van der Waals surface area contributed by atoms with E-state index >= 15 is 0 Å². The van der Waals surface area contributed by atoms with Crippen molar-refractivity contribution in [3.8, 4) is 0 Å². The Balaban J connectivity index is 1.57. The van der Waals surface area contributed by atoms with Crippen LogP contribution in [-0.4, -0.2) is 23.0 Å². The fraction of sp³-hybridized carbons (Fsp3) is 1.00. The number of rotatable bonds is 1. The van der Waals surface area contributed by atoms with Crippen molar-refractivity contribution in [1.82, 2.24) is 4.90 Å². The summed E-state index contributed by atoms with van der Waals surface area (Å²) < 4.78 is 0. The van der Waals surface area contributed by atoms with Gasteiger partial charge in [0, 0.05) is 18.1 Å². The highest BCUT2D eigenvalue weighted by molar-refractivity contribution is 5.22. The molecule has 1 nitrogen and oxygen atoms in total. The van der Waals surface area contributed by atoms with Crippen molar-refractivity contribution in [2.45, 2.75) is 64.1 Å². The summed E-state index contributed by atoms with van der Waals surface area (Å²) in [5.74, 6) is 4.16. The highest BCUT2D eigenvalue weighted by Crippen LogP contribution is 2.59. The Hall–Kier alpha value is -0.0400. The van der Waals surface area contributed by atoms with E-state index in [0.717, 1.165) is 41.8 Å². The van der Waals surface area contributed by atoms with Crippen LogP contribution in [0.3, 0.4) is 0 Å². The number of hydrogen-bond donors (Lipinski definition) is 0. The average Bonchev–Trinajstić information content (AvgIpc) is 3.05. The van der Waals surface area contributed by atoms with Gasteiger partial charge in [0.25, 0.3) is 0 Å².